The molecule has 1 aromatic carbocycles. The molecule has 1 saturated heterocycles. The van der Waals surface area contributed by atoms with Gasteiger partial charge in [-0.1, -0.05) is 30.3 Å². The van der Waals surface area contributed by atoms with E-state index in [9.17, 15) is 18.0 Å². The molecule has 0 spiro atoms. The van der Waals surface area contributed by atoms with Crippen molar-refractivity contribution in [2.24, 2.45) is 0 Å². The smallest absolute Gasteiger partial charge is 0.281 e. The van der Waals surface area contributed by atoms with Crippen LogP contribution in [-0.4, -0.2) is 65.0 Å². The van der Waals surface area contributed by atoms with Crippen molar-refractivity contribution in [2.75, 3.05) is 27.2 Å². The normalized spacial score (nSPS) is 19.6. The lowest BCUT2D eigenvalue weighted by atomic mass is 10.1. The molecule has 4 rings (SSSR count). The Balaban J connectivity index is 1.59. The molecule has 1 atom stereocenters. The summed E-state index contributed by atoms with van der Waals surface area (Å²) < 4.78 is 27.5. The molecule has 2 aliphatic rings. The van der Waals surface area contributed by atoms with Gasteiger partial charge in [0.25, 0.3) is 15.8 Å². The van der Waals surface area contributed by atoms with E-state index in [2.05, 4.69) is 9.97 Å². The largest absolute Gasteiger partial charge is 0.332 e. The first-order valence-corrected chi connectivity index (χ1v) is 11.8. The third-order valence-electron chi connectivity index (χ3n) is 5.93. The molecule has 1 fully saturated rings. The van der Waals surface area contributed by atoms with Crippen LogP contribution in [0.25, 0.3) is 0 Å². The second-order valence-corrected chi connectivity index (χ2v) is 10.3. The Morgan fingerprint density at radius 3 is 2.68 bits per heavy atom. The molecule has 1 N–H and O–H groups in total. The van der Waals surface area contributed by atoms with Crippen molar-refractivity contribution in [1.82, 2.24) is 23.5 Å². The minimum atomic E-state index is -3.60. The Hall–Kier alpha value is -2.56. The Morgan fingerprint density at radius 1 is 1.23 bits per heavy atom. The van der Waals surface area contributed by atoms with Gasteiger partial charge in [-0.05, 0) is 24.8 Å². The number of nitrogens with zero attached hydrogens (tertiary/aromatic N) is 4. The van der Waals surface area contributed by atoms with Crippen LogP contribution in [0.3, 0.4) is 0 Å². The van der Waals surface area contributed by atoms with Gasteiger partial charge in [0.2, 0.25) is 5.91 Å². The molecule has 0 radical (unpaired) electrons. The summed E-state index contributed by atoms with van der Waals surface area (Å²) in [5.41, 5.74) is 1.69. The van der Waals surface area contributed by atoms with Crippen LogP contribution in [0, 0.1) is 0 Å². The molecule has 0 saturated carbocycles. The molecule has 1 unspecified atom stereocenters. The van der Waals surface area contributed by atoms with E-state index in [1.54, 1.807) is 4.90 Å². The van der Waals surface area contributed by atoms with E-state index in [1.807, 2.05) is 30.3 Å². The summed E-state index contributed by atoms with van der Waals surface area (Å²) in [4.78, 5) is 34.9. The van der Waals surface area contributed by atoms with Crippen molar-refractivity contribution >= 4 is 16.1 Å². The Labute approximate surface area is 181 Å². The molecule has 1 amide bonds. The topological polar surface area (TPSA) is 107 Å². The number of benzene rings is 1. The van der Waals surface area contributed by atoms with Crippen LogP contribution in [0.15, 0.2) is 35.1 Å². The molecule has 1 aromatic heterocycles. The lowest BCUT2D eigenvalue weighted by Gasteiger charge is -2.30. The highest BCUT2D eigenvalue weighted by Gasteiger charge is 2.35. The van der Waals surface area contributed by atoms with Crippen LogP contribution in [0.5, 0.6) is 0 Å². The second kappa shape index (κ2) is 8.52. The number of H-pyrrole nitrogens is 1. The molecule has 31 heavy (non-hydrogen) atoms. The van der Waals surface area contributed by atoms with E-state index in [1.165, 1.54) is 18.4 Å². The van der Waals surface area contributed by atoms with Crippen molar-refractivity contribution < 1.29 is 13.2 Å². The highest BCUT2D eigenvalue weighted by molar-refractivity contribution is 7.86. The highest BCUT2D eigenvalue weighted by Crippen LogP contribution is 2.31. The van der Waals surface area contributed by atoms with E-state index in [-0.39, 0.29) is 30.6 Å². The average Bonchev–Trinajstić information content (AvgIpc) is 3.24. The van der Waals surface area contributed by atoms with Crippen LogP contribution >= 0.6 is 0 Å². The average molecular weight is 446 g/mol. The van der Waals surface area contributed by atoms with Gasteiger partial charge in [-0.3, -0.25) is 9.59 Å². The van der Waals surface area contributed by atoms with E-state index in [0.717, 1.165) is 16.3 Å². The maximum atomic E-state index is 12.9. The number of aromatic nitrogens is 2. The van der Waals surface area contributed by atoms with Gasteiger partial charge in [0, 0.05) is 32.7 Å². The number of hydrogen-bond donors (Lipinski definition) is 1. The predicted molar refractivity (Wildman–Crippen MR) is 115 cm³/mol. The van der Waals surface area contributed by atoms with Crippen molar-refractivity contribution in [3.8, 4) is 0 Å². The summed E-state index contributed by atoms with van der Waals surface area (Å²) in [7, 11) is -0.631. The minimum absolute atomic E-state index is 0.00844. The number of nitrogens with one attached hydrogen (secondary N) is 1. The predicted octanol–water partition coefficient (Wildman–Crippen LogP) is 0.841. The van der Waals surface area contributed by atoms with E-state index < -0.39 is 10.2 Å². The lowest BCUT2D eigenvalue weighted by Crippen LogP contribution is -2.44. The van der Waals surface area contributed by atoms with E-state index in [4.69, 9.17) is 0 Å². The standard InChI is InChI=1S/C21H27N5O4S/c1-24(2)31(29,30)25-12-10-16-17(14-25)22-20(23-21(16)28)18-9-6-11-26(18)19(27)13-15-7-4-3-5-8-15/h3-5,7-8,18H,6,9-14H2,1-2H3,(H,22,23,28). The first-order chi connectivity index (χ1) is 14.8. The first-order valence-electron chi connectivity index (χ1n) is 10.4. The van der Waals surface area contributed by atoms with Gasteiger partial charge < -0.3 is 9.88 Å². The minimum Gasteiger partial charge on any atom is -0.332 e. The van der Waals surface area contributed by atoms with Crippen LogP contribution < -0.4 is 5.56 Å². The molecule has 2 aromatic rings. The van der Waals surface area contributed by atoms with Crippen LogP contribution in [0.4, 0.5) is 0 Å². The van der Waals surface area contributed by atoms with Gasteiger partial charge in [-0.15, -0.1) is 0 Å². The van der Waals surface area contributed by atoms with Gasteiger partial charge in [-0.2, -0.15) is 17.0 Å². The molecular formula is C21H27N5O4S. The van der Waals surface area contributed by atoms with Crippen molar-refractivity contribution in [2.45, 2.75) is 38.3 Å². The quantitative estimate of drug-likeness (QED) is 0.734. The molecule has 166 valence electrons. The molecule has 2 aliphatic heterocycles. The fraction of sp³-hybridized carbons (Fsp3) is 0.476. The van der Waals surface area contributed by atoms with Gasteiger partial charge in [-0.25, -0.2) is 4.98 Å². The van der Waals surface area contributed by atoms with E-state index >= 15 is 0 Å². The monoisotopic (exact) mass is 445 g/mol. The number of likely N-dealkylation sites (tertiary alicyclic amines) is 1. The second-order valence-electron chi connectivity index (χ2n) is 8.16. The number of amides is 1. The summed E-state index contributed by atoms with van der Waals surface area (Å²) in [6, 6.07) is 9.24. The summed E-state index contributed by atoms with van der Waals surface area (Å²) in [5, 5.41) is 0. The maximum absolute atomic E-state index is 12.9. The molecule has 10 heteroatoms. The van der Waals surface area contributed by atoms with Crippen LogP contribution in [0.2, 0.25) is 0 Å². The zero-order valence-electron chi connectivity index (χ0n) is 17.7. The van der Waals surface area contributed by atoms with Crippen molar-refractivity contribution in [3.63, 3.8) is 0 Å². The number of rotatable bonds is 5. The van der Waals surface area contributed by atoms with Crippen molar-refractivity contribution in [3.05, 3.63) is 63.3 Å². The summed E-state index contributed by atoms with van der Waals surface area (Å²) >= 11 is 0. The molecule has 9 nitrogen and oxygen atoms in total. The Morgan fingerprint density at radius 2 is 1.97 bits per heavy atom. The number of fused-ring (bicyclic) bond motifs is 1. The fourth-order valence-corrected chi connectivity index (χ4v) is 5.31. The van der Waals surface area contributed by atoms with Gasteiger partial charge in [0.15, 0.2) is 0 Å². The summed E-state index contributed by atoms with van der Waals surface area (Å²) in [5.74, 6) is 0.428. The number of hydrogen-bond acceptors (Lipinski definition) is 5. The third kappa shape index (κ3) is 4.28. The Bertz CT molecular complexity index is 1130. The SMILES string of the molecule is CN(C)S(=O)(=O)N1CCc2c(nc(C3CCCN3C(=O)Cc3ccccc3)[nH]c2=O)C1. The molecule has 0 bridgehead atoms. The fourth-order valence-electron chi connectivity index (χ4n) is 4.24. The third-order valence-corrected chi connectivity index (χ3v) is 7.82. The Kier molecular flexibility index (Phi) is 5.96. The van der Waals surface area contributed by atoms with E-state index in [0.29, 0.717) is 42.9 Å². The van der Waals surface area contributed by atoms with Crippen LogP contribution in [-0.2, 0) is 34.4 Å². The highest BCUT2D eigenvalue weighted by atomic mass is 32.2. The molecule has 0 aliphatic carbocycles. The van der Waals surface area contributed by atoms with Crippen LogP contribution in [0.1, 0.15) is 41.5 Å². The zero-order chi connectivity index (χ0) is 22.2. The number of carbonyl (C=O) groups is 1. The van der Waals surface area contributed by atoms with Gasteiger partial charge >= 0.3 is 0 Å². The molecular weight excluding hydrogens is 418 g/mol. The molecule has 3 heterocycles. The summed E-state index contributed by atoms with van der Waals surface area (Å²) in [6.45, 7) is 0.901. The van der Waals surface area contributed by atoms with Crippen molar-refractivity contribution in [1.29, 1.82) is 0 Å². The number of aromatic amines is 1. The summed E-state index contributed by atoms with van der Waals surface area (Å²) in [6.07, 6.45) is 2.14. The lowest BCUT2D eigenvalue weighted by molar-refractivity contribution is -0.131. The zero-order valence-corrected chi connectivity index (χ0v) is 18.6. The number of carbonyl (C=O) groups excluding carboxylic acids is 1. The van der Waals surface area contributed by atoms with Gasteiger partial charge in [0.05, 0.1) is 24.7 Å². The first kappa shape index (κ1) is 21.7. The van der Waals surface area contributed by atoms with Gasteiger partial charge in [0.1, 0.15) is 5.82 Å². The maximum Gasteiger partial charge on any atom is 0.281 e.